The molecule has 0 aliphatic rings. The lowest BCUT2D eigenvalue weighted by Crippen LogP contribution is -2.28. The average Bonchev–Trinajstić information content (AvgIpc) is 3.22. The normalized spacial score (nSPS) is 11.1. The van der Waals surface area contributed by atoms with Gasteiger partial charge in [0.25, 0.3) is 11.6 Å². The zero-order chi connectivity index (χ0) is 21.8. The molecule has 4 aromatic rings. The van der Waals surface area contributed by atoms with Crippen LogP contribution >= 0.6 is 11.3 Å². The number of rotatable bonds is 6. The number of carbonyl (C=O) groups is 1. The molecule has 0 radical (unpaired) electrons. The van der Waals surface area contributed by atoms with E-state index in [4.69, 9.17) is 0 Å². The molecule has 0 saturated carbocycles. The highest BCUT2D eigenvalue weighted by Crippen LogP contribution is 2.31. The van der Waals surface area contributed by atoms with Gasteiger partial charge in [-0.25, -0.2) is 9.37 Å². The van der Waals surface area contributed by atoms with Crippen LogP contribution in [-0.2, 0) is 11.3 Å². The third kappa shape index (κ3) is 4.62. The third-order valence-electron chi connectivity index (χ3n) is 4.47. The number of aromatic nitrogens is 2. The summed E-state index contributed by atoms with van der Waals surface area (Å²) in [7, 11) is 0. The summed E-state index contributed by atoms with van der Waals surface area (Å²) < 4.78 is 14.8. The van der Waals surface area contributed by atoms with Crippen molar-refractivity contribution in [1.82, 2.24) is 9.97 Å². The summed E-state index contributed by atoms with van der Waals surface area (Å²) in [6, 6.07) is 14.1. The molecule has 0 spiro atoms. The number of fused-ring (bicyclic) bond motifs is 1. The Morgan fingerprint density at radius 3 is 2.55 bits per heavy atom. The summed E-state index contributed by atoms with van der Waals surface area (Å²) in [6.07, 6.45) is 6.19. The number of hydrogen-bond donors (Lipinski definition) is 0. The Labute approximate surface area is 180 Å². The van der Waals surface area contributed by atoms with Gasteiger partial charge in [-0.05, 0) is 53.6 Å². The van der Waals surface area contributed by atoms with Crippen LogP contribution in [0.2, 0.25) is 0 Å². The fourth-order valence-electron chi connectivity index (χ4n) is 2.89. The van der Waals surface area contributed by atoms with Gasteiger partial charge >= 0.3 is 0 Å². The molecule has 0 aliphatic heterocycles. The van der Waals surface area contributed by atoms with Crippen LogP contribution in [0.5, 0.6) is 0 Å². The lowest BCUT2D eigenvalue weighted by atomic mass is 10.2. The molecule has 7 nitrogen and oxygen atoms in total. The summed E-state index contributed by atoms with van der Waals surface area (Å²) >= 11 is 1.22. The fourth-order valence-corrected chi connectivity index (χ4v) is 3.88. The van der Waals surface area contributed by atoms with Crippen molar-refractivity contribution in [2.24, 2.45) is 0 Å². The molecule has 1 amide bonds. The van der Waals surface area contributed by atoms with Crippen LogP contribution in [-0.4, -0.2) is 20.8 Å². The Bertz CT molecular complexity index is 1270. The average molecular weight is 434 g/mol. The number of nitro groups is 1. The first-order valence-corrected chi connectivity index (χ1v) is 10.0. The van der Waals surface area contributed by atoms with E-state index in [1.165, 1.54) is 40.5 Å². The Morgan fingerprint density at radius 1 is 1.13 bits per heavy atom. The number of para-hydroxylation sites is 1. The first-order chi connectivity index (χ1) is 15.0. The van der Waals surface area contributed by atoms with Crippen LogP contribution in [0.1, 0.15) is 11.1 Å². The number of carbonyl (C=O) groups excluding carboxylic acids is 1. The fraction of sp³-hybridized carbons (Fsp3) is 0.0455. The highest BCUT2D eigenvalue weighted by atomic mass is 32.1. The molecule has 31 heavy (non-hydrogen) atoms. The van der Waals surface area contributed by atoms with Crippen molar-refractivity contribution in [1.29, 1.82) is 0 Å². The molecule has 154 valence electrons. The van der Waals surface area contributed by atoms with Crippen molar-refractivity contribution in [2.75, 3.05) is 4.90 Å². The first-order valence-electron chi connectivity index (χ1n) is 9.19. The predicted molar refractivity (Wildman–Crippen MR) is 117 cm³/mol. The van der Waals surface area contributed by atoms with E-state index in [1.807, 2.05) is 0 Å². The molecule has 0 unspecified atom stereocenters. The van der Waals surface area contributed by atoms with E-state index in [-0.39, 0.29) is 23.7 Å². The zero-order valence-corrected chi connectivity index (χ0v) is 16.8. The number of pyridine rings is 1. The van der Waals surface area contributed by atoms with Crippen LogP contribution < -0.4 is 4.90 Å². The molecule has 9 heteroatoms. The van der Waals surface area contributed by atoms with Gasteiger partial charge < -0.3 is 0 Å². The lowest BCUT2D eigenvalue weighted by molar-refractivity contribution is -0.384. The number of nitrogens with zero attached hydrogens (tertiary/aromatic N) is 4. The number of thiazole rings is 1. The van der Waals surface area contributed by atoms with Crippen LogP contribution in [0.25, 0.3) is 16.3 Å². The Hall–Kier alpha value is -3.98. The predicted octanol–water partition coefficient (Wildman–Crippen LogP) is 4.99. The van der Waals surface area contributed by atoms with Crippen molar-refractivity contribution >= 4 is 44.4 Å². The zero-order valence-electron chi connectivity index (χ0n) is 16.0. The minimum atomic E-state index is -0.485. The van der Waals surface area contributed by atoms with Crippen molar-refractivity contribution in [3.63, 3.8) is 0 Å². The van der Waals surface area contributed by atoms with E-state index in [9.17, 15) is 19.3 Å². The van der Waals surface area contributed by atoms with Crippen molar-refractivity contribution in [3.8, 4) is 0 Å². The first kappa shape index (κ1) is 20.3. The minimum Gasteiger partial charge on any atom is -0.280 e. The number of nitro benzene ring substituents is 1. The molecule has 0 bridgehead atoms. The second kappa shape index (κ2) is 8.80. The van der Waals surface area contributed by atoms with Gasteiger partial charge in [0.15, 0.2) is 5.13 Å². The van der Waals surface area contributed by atoms with Gasteiger partial charge in [0.2, 0.25) is 0 Å². The van der Waals surface area contributed by atoms with Gasteiger partial charge in [-0.3, -0.25) is 24.8 Å². The SMILES string of the molecule is O=C(/C=C/c1ccc([N+](=O)[O-])cc1)N(Cc1ccncc1)c1nc2c(F)cccc2s1. The van der Waals surface area contributed by atoms with Gasteiger partial charge in [-0.1, -0.05) is 17.4 Å². The number of hydrogen-bond acceptors (Lipinski definition) is 6. The molecule has 0 N–H and O–H groups in total. The highest BCUT2D eigenvalue weighted by Gasteiger charge is 2.19. The van der Waals surface area contributed by atoms with Gasteiger partial charge in [0.1, 0.15) is 11.3 Å². The van der Waals surface area contributed by atoms with Crippen molar-refractivity contribution < 1.29 is 14.1 Å². The third-order valence-corrected chi connectivity index (χ3v) is 5.51. The van der Waals surface area contributed by atoms with Gasteiger partial charge in [-0.2, -0.15) is 0 Å². The Balaban J connectivity index is 1.65. The largest absolute Gasteiger partial charge is 0.280 e. The highest BCUT2D eigenvalue weighted by molar-refractivity contribution is 7.22. The number of non-ortho nitro benzene ring substituents is 1. The Morgan fingerprint density at radius 2 is 1.87 bits per heavy atom. The number of anilines is 1. The maximum atomic E-state index is 14.1. The topological polar surface area (TPSA) is 89.2 Å². The molecule has 0 saturated heterocycles. The summed E-state index contributed by atoms with van der Waals surface area (Å²) in [4.78, 5) is 33.1. The molecule has 0 aliphatic carbocycles. The van der Waals surface area contributed by atoms with Gasteiger partial charge in [-0.15, -0.1) is 0 Å². The monoisotopic (exact) mass is 434 g/mol. The summed E-state index contributed by atoms with van der Waals surface area (Å²) in [5.74, 6) is -0.799. The second-order valence-corrected chi connectivity index (χ2v) is 7.55. The molecular formula is C22H15FN4O3S. The molecular weight excluding hydrogens is 419 g/mol. The van der Waals surface area contributed by atoms with E-state index in [2.05, 4.69) is 9.97 Å². The van der Waals surface area contributed by atoms with Crippen LogP contribution in [0.3, 0.4) is 0 Å². The summed E-state index contributed by atoms with van der Waals surface area (Å²) in [6.45, 7) is 0.230. The van der Waals surface area contributed by atoms with Gasteiger partial charge in [0, 0.05) is 30.6 Å². The number of benzene rings is 2. The quantitative estimate of drug-likeness (QED) is 0.242. The van der Waals surface area contributed by atoms with E-state index in [1.54, 1.807) is 54.9 Å². The van der Waals surface area contributed by atoms with Crippen molar-refractivity contribution in [3.05, 3.63) is 100 Å². The molecule has 2 heterocycles. The molecule has 0 atom stereocenters. The van der Waals surface area contributed by atoms with E-state index in [0.29, 0.717) is 15.4 Å². The van der Waals surface area contributed by atoms with E-state index in [0.717, 1.165) is 5.56 Å². The summed E-state index contributed by atoms with van der Waals surface area (Å²) in [5.41, 5.74) is 1.67. The smallest absolute Gasteiger partial charge is 0.269 e. The van der Waals surface area contributed by atoms with E-state index >= 15 is 0 Å². The Kier molecular flexibility index (Phi) is 5.76. The number of halogens is 1. The molecule has 0 fully saturated rings. The summed E-state index contributed by atoms with van der Waals surface area (Å²) in [5, 5.41) is 11.2. The number of amides is 1. The standard InChI is InChI=1S/C22H15FN4O3S/c23-18-2-1-3-19-21(18)25-22(31-19)26(14-16-10-12-24-13-11-16)20(28)9-6-15-4-7-17(8-5-15)27(29)30/h1-13H,14H2/b9-6+. The lowest BCUT2D eigenvalue weighted by Gasteiger charge is -2.18. The molecule has 2 aromatic heterocycles. The molecule has 2 aromatic carbocycles. The van der Waals surface area contributed by atoms with Crippen LogP contribution in [0.4, 0.5) is 15.2 Å². The maximum absolute atomic E-state index is 14.1. The van der Waals surface area contributed by atoms with Crippen molar-refractivity contribution in [2.45, 2.75) is 6.54 Å². The van der Waals surface area contributed by atoms with Crippen LogP contribution in [0, 0.1) is 15.9 Å². The molecule has 4 rings (SSSR count). The van der Waals surface area contributed by atoms with E-state index < -0.39 is 10.7 Å². The van der Waals surface area contributed by atoms with Gasteiger partial charge in [0.05, 0.1) is 16.2 Å². The maximum Gasteiger partial charge on any atom is 0.269 e. The van der Waals surface area contributed by atoms with Crippen LogP contribution in [0.15, 0.2) is 73.1 Å². The second-order valence-electron chi connectivity index (χ2n) is 6.54. The minimum absolute atomic E-state index is 0.0284.